The van der Waals surface area contributed by atoms with Crippen LogP contribution in [0.4, 0.5) is 13.2 Å². The van der Waals surface area contributed by atoms with E-state index in [4.69, 9.17) is 4.74 Å². The van der Waals surface area contributed by atoms with Crippen molar-refractivity contribution in [2.24, 2.45) is 0 Å². The van der Waals surface area contributed by atoms with Gasteiger partial charge in [-0.25, -0.2) is 0 Å². The summed E-state index contributed by atoms with van der Waals surface area (Å²) in [6.45, 7) is 3.79. The average Bonchev–Trinajstić information content (AvgIpc) is 2.67. The first kappa shape index (κ1) is 14.3. The second-order valence-electron chi connectivity index (χ2n) is 4.00. The van der Waals surface area contributed by atoms with Gasteiger partial charge in [-0.15, -0.1) is 0 Å². The lowest BCUT2D eigenvalue weighted by Crippen LogP contribution is -2.40. The highest BCUT2D eigenvalue weighted by Crippen LogP contribution is 2.27. The predicted octanol–water partition coefficient (Wildman–Crippen LogP) is 2.81. The van der Waals surface area contributed by atoms with Crippen molar-refractivity contribution in [2.75, 3.05) is 26.2 Å². The van der Waals surface area contributed by atoms with Crippen LogP contribution in [0.25, 0.3) is 0 Å². The molecule has 1 aliphatic rings. The lowest BCUT2D eigenvalue weighted by molar-refractivity contribution is -0.131. The normalized spacial score (nSPS) is 24.0. The number of hydrogen-bond donors (Lipinski definition) is 0. The molecule has 6 heteroatoms. The smallest absolute Gasteiger partial charge is 0.377 e. The maximum Gasteiger partial charge on any atom is 0.402 e. The topological polar surface area (TPSA) is 12.5 Å². The van der Waals surface area contributed by atoms with E-state index in [1.807, 2.05) is 6.92 Å². The van der Waals surface area contributed by atoms with Crippen LogP contribution in [0, 0.1) is 0 Å². The Morgan fingerprint density at radius 2 is 2.19 bits per heavy atom. The number of alkyl halides is 4. The quantitative estimate of drug-likeness (QED) is 0.724. The molecule has 2 atom stereocenters. The first-order valence-corrected chi connectivity index (χ1v) is 6.39. The van der Waals surface area contributed by atoms with Gasteiger partial charge in [-0.2, -0.15) is 13.2 Å². The van der Waals surface area contributed by atoms with E-state index in [0.717, 1.165) is 19.4 Å². The standard InChI is InChI=1S/C10H17BrF3NO/c1-2-15(6-8-4-3-5-16-8)7-9(11)10(12,13)14/h8-9H,2-7H2,1H3. The molecule has 0 amide bonds. The molecule has 2 unspecified atom stereocenters. The number of halogens is 4. The Morgan fingerprint density at radius 3 is 2.62 bits per heavy atom. The van der Waals surface area contributed by atoms with Gasteiger partial charge >= 0.3 is 6.18 Å². The van der Waals surface area contributed by atoms with Crippen molar-refractivity contribution in [2.45, 2.75) is 36.9 Å². The van der Waals surface area contributed by atoms with Gasteiger partial charge in [-0.1, -0.05) is 22.9 Å². The summed E-state index contributed by atoms with van der Waals surface area (Å²) < 4.78 is 42.5. The highest BCUT2D eigenvalue weighted by atomic mass is 79.9. The molecule has 16 heavy (non-hydrogen) atoms. The van der Waals surface area contributed by atoms with Gasteiger partial charge in [0.2, 0.25) is 0 Å². The summed E-state index contributed by atoms with van der Waals surface area (Å²) in [5.74, 6) is 0. The van der Waals surface area contributed by atoms with Crippen LogP contribution in [0.1, 0.15) is 19.8 Å². The molecule has 0 bridgehead atoms. The van der Waals surface area contributed by atoms with Crippen LogP contribution >= 0.6 is 15.9 Å². The summed E-state index contributed by atoms with van der Waals surface area (Å²) >= 11 is 2.68. The molecule has 1 saturated heterocycles. The number of rotatable bonds is 5. The van der Waals surface area contributed by atoms with E-state index < -0.39 is 11.0 Å². The van der Waals surface area contributed by atoms with Crippen LogP contribution in [-0.2, 0) is 4.74 Å². The van der Waals surface area contributed by atoms with Crippen LogP contribution in [0.2, 0.25) is 0 Å². The molecule has 0 N–H and O–H groups in total. The molecule has 0 aliphatic carbocycles. The molecule has 1 heterocycles. The van der Waals surface area contributed by atoms with E-state index in [2.05, 4.69) is 15.9 Å². The summed E-state index contributed by atoms with van der Waals surface area (Å²) in [4.78, 5) is 0.324. The molecule has 2 nitrogen and oxygen atoms in total. The molecular weight excluding hydrogens is 287 g/mol. The maximum absolute atomic E-state index is 12.4. The molecule has 0 aromatic heterocycles. The van der Waals surface area contributed by atoms with Crippen LogP contribution < -0.4 is 0 Å². The van der Waals surface area contributed by atoms with Gasteiger partial charge in [-0.05, 0) is 19.4 Å². The van der Waals surface area contributed by atoms with Crippen LogP contribution in [0.3, 0.4) is 0 Å². The van der Waals surface area contributed by atoms with Crippen molar-refractivity contribution < 1.29 is 17.9 Å². The lowest BCUT2D eigenvalue weighted by atomic mass is 10.2. The molecule has 0 radical (unpaired) electrons. The Kier molecular flexibility index (Phi) is 5.53. The summed E-state index contributed by atoms with van der Waals surface area (Å²) in [6.07, 6.45) is -2.11. The van der Waals surface area contributed by atoms with Crippen LogP contribution in [0.5, 0.6) is 0 Å². The molecule has 0 spiro atoms. The Balaban J connectivity index is 2.36. The zero-order valence-electron chi connectivity index (χ0n) is 9.26. The van der Waals surface area contributed by atoms with Gasteiger partial charge in [-0.3, -0.25) is 4.90 Å². The van der Waals surface area contributed by atoms with E-state index in [1.54, 1.807) is 4.90 Å². The molecule has 0 aromatic carbocycles. The first-order valence-electron chi connectivity index (χ1n) is 5.48. The van der Waals surface area contributed by atoms with Gasteiger partial charge in [0.05, 0.1) is 6.10 Å². The average molecular weight is 304 g/mol. The summed E-state index contributed by atoms with van der Waals surface area (Å²) in [5, 5.41) is 0. The van der Waals surface area contributed by atoms with E-state index in [-0.39, 0.29) is 12.6 Å². The molecule has 96 valence electrons. The highest BCUT2D eigenvalue weighted by Gasteiger charge is 2.38. The van der Waals surface area contributed by atoms with Gasteiger partial charge in [0, 0.05) is 19.7 Å². The number of likely N-dealkylation sites (N-methyl/N-ethyl adjacent to an activating group) is 1. The number of hydrogen-bond acceptors (Lipinski definition) is 2. The minimum absolute atomic E-state index is 0.0140. The van der Waals surface area contributed by atoms with E-state index in [1.165, 1.54) is 0 Å². The van der Waals surface area contributed by atoms with E-state index in [9.17, 15) is 13.2 Å². The minimum Gasteiger partial charge on any atom is -0.377 e. The fraction of sp³-hybridized carbons (Fsp3) is 1.00. The third kappa shape index (κ3) is 4.59. The molecule has 1 aliphatic heterocycles. The van der Waals surface area contributed by atoms with E-state index >= 15 is 0 Å². The van der Waals surface area contributed by atoms with Gasteiger partial charge < -0.3 is 4.74 Å². The van der Waals surface area contributed by atoms with Crippen molar-refractivity contribution in [3.63, 3.8) is 0 Å². The monoisotopic (exact) mass is 303 g/mol. The SMILES string of the molecule is CCN(CC1CCCO1)CC(Br)C(F)(F)F. The molecule has 1 rings (SSSR count). The Hall–Kier alpha value is 0.190. The lowest BCUT2D eigenvalue weighted by Gasteiger charge is -2.26. The third-order valence-electron chi connectivity index (χ3n) is 2.71. The second-order valence-corrected chi connectivity index (χ2v) is 5.10. The van der Waals surface area contributed by atoms with Gasteiger partial charge in [0.1, 0.15) is 4.83 Å². The zero-order chi connectivity index (χ0) is 12.2. The fourth-order valence-electron chi connectivity index (χ4n) is 1.74. The van der Waals surface area contributed by atoms with Gasteiger partial charge in [0.25, 0.3) is 0 Å². The molecule has 0 saturated carbocycles. The Morgan fingerprint density at radius 1 is 1.50 bits per heavy atom. The minimum atomic E-state index is -4.18. The summed E-state index contributed by atoms with van der Waals surface area (Å²) in [7, 11) is 0. The first-order chi connectivity index (χ1) is 7.43. The maximum atomic E-state index is 12.4. The number of ether oxygens (including phenoxy) is 1. The Bertz CT molecular complexity index is 207. The largest absolute Gasteiger partial charge is 0.402 e. The van der Waals surface area contributed by atoms with Crippen molar-refractivity contribution in [3.8, 4) is 0 Å². The van der Waals surface area contributed by atoms with Crippen LogP contribution in [-0.4, -0.2) is 48.2 Å². The molecular formula is C10H17BrF3NO. The highest BCUT2D eigenvalue weighted by molar-refractivity contribution is 9.09. The van der Waals surface area contributed by atoms with Crippen molar-refractivity contribution >= 4 is 15.9 Å². The van der Waals surface area contributed by atoms with Gasteiger partial charge in [0.15, 0.2) is 0 Å². The fourth-order valence-corrected chi connectivity index (χ4v) is 2.15. The summed E-state index contributed by atoms with van der Waals surface area (Å²) in [5.41, 5.74) is 0. The summed E-state index contributed by atoms with van der Waals surface area (Å²) in [6, 6.07) is 0. The van der Waals surface area contributed by atoms with Crippen LogP contribution in [0.15, 0.2) is 0 Å². The second kappa shape index (κ2) is 6.21. The van der Waals surface area contributed by atoms with Crippen molar-refractivity contribution in [3.05, 3.63) is 0 Å². The van der Waals surface area contributed by atoms with Crippen molar-refractivity contribution in [1.82, 2.24) is 4.90 Å². The predicted molar refractivity (Wildman–Crippen MR) is 59.9 cm³/mol. The van der Waals surface area contributed by atoms with E-state index in [0.29, 0.717) is 13.1 Å². The van der Waals surface area contributed by atoms with Crippen molar-refractivity contribution in [1.29, 1.82) is 0 Å². The third-order valence-corrected chi connectivity index (χ3v) is 3.52. The number of nitrogens with zero attached hydrogens (tertiary/aromatic N) is 1. The molecule has 0 aromatic rings. The zero-order valence-corrected chi connectivity index (χ0v) is 10.9. The molecule has 1 fully saturated rings. The Labute approximate surface area is 102 Å².